The molecule has 0 aromatic heterocycles. The minimum atomic E-state index is -0.344. The number of halogens is 1. The van der Waals surface area contributed by atoms with Crippen molar-refractivity contribution >= 4 is 17.3 Å². The van der Waals surface area contributed by atoms with Crippen molar-refractivity contribution in [3.05, 3.63) is 58.9 Å². The second kappa shape index (κ2) is 6.41. The maximum atomic E-state index is 13.6. The zero-order chi connectivity index (χ0) is 16.4. The average molecular weight is 312 g/mol. The molecule has 1 aliphatic heterocycles. The molecule has 0 spiro atoms. The third kappa shape index (κ3) is 3.36. The van der Waals surface area contributed by atoms with Crippen LogP contribution in [0.15, 0.2) is 36.4 Å². The Bertz CT molecular complexity index is 736. The number of benzene rings is 2. The van der Waals surface area contributed by atoms with Crippen LogP contribution in [0.1, 0.15) is 34.3 Å². The summed E-state index contributed by atoms with van der Waals surface area (Å²) in [6.45, 7) is 5.87. The molecular weight excluding hydrogens is 291 g/mol. The first-order chi connectivity index (χ1) is 11.0. The van der Waals surface area contributed by atoms with Crippen LogP contribution in [0, 0.1) is 19.7 Å². The maximum absolute atomic E-state index is 13.6. The molecule has 0 radical (unpaired) electrons. The van der Waals surface area contributed by atoms with Crippen LogP contribution < -0.4 is 10.2 Å². The van der Waals surface area contributed by atoms with Gasteiger partial charge >= 0.3 is 0 Å². The van der Waals surface area contributed by atoms with Gasteiger partial charge in [0.25, 0.3) is 5.91 Å². The van der Waals surface area contributed by atoms with Crippen LogP contribution in [0.3, 0.4) is 0 Å². The lowest BCUT2D eigenvalue weighted by Crippen LogP contribution is -2.21. The van der Waals surface area contributed by atoms with Crippen molar-refractivity contribution in [1.82, 2.24) is 0 Å². The maximum Gasteiger partial charge on any atom is 0.255 e. The van der Waals surface area contributed by atoms with Gasteiger partial charge in [0.05, 0.1) is 11.4 Å². The highest BCUT2D eigenvalue weighted by atomic mass is 19.1. The fraction of sp³-hybridized carbons (Fsp3) is 0.316. The molecule has 3 nitrogen and oxygen atoms in total. The fourth-order valence-corrected chi connectivity index (χ4v) is 2.92. The summed E-state index contributed by atoms with van der Waals surface area (Å²) < 4.78 is 13.6. The van der Waals surface area contributed by atoms with E-state index in [2.05, 4.69) is 10.2 Å². The van der Waals surface area contributed by atoms with Crippen molar-refractivity contribution in [3.63, 3.8) is 0 Å². The summed E-state index contributed by atoms with van der Waals surface area (Å²) in [7, 11) is 0. The van der Waals surface area contributed by atoms with Gasteiger partial charge < -0.3 is 10.2 Å². The van der Waals surface area contributed by atoms with E-state index in [1.165, 1.54) is 12.1 Å². The fourth-order valence-electron chi connectivity index (χ4n) is 2.92. The summed E-state index contributed by atoms with van der Waals surface area (Å²) in [6.07, 6.45) is 2.25. The summed E-state index contributed by atoms with van der Waals surface area (Å²) in [5, 5.41) is 2.87. The number of nitrogens with zero attached hydrogens (tertiary/aromatic N) is 1. The van der Waals surface area contributed by atoms with Crippen LogP contribution in [0.4, 0.5) is 15.8 Å². The Kier molecular flexibility index (Phi) is 4.33. The van der Waals surface area contributed by atoms with Crippen molar-refractivity contribution < 1.29 is 9.18 Å². The van der Waals surface area contributed by atoms with E-state index in [1.807, 2.05) is 26.0 Å². The van der Waals surface area contributed by atoms with Crippen molar-refractivity contribution in [2.45, 2.75) is 26.7 Å². The van der Waals surface area contributed by atoms with E-state index < -0.39 is 0 Å². The first-order valence-corrected chi connectivity index (χ1v) is 7.98. The largest absolute Gasteiger partial charge is 0.370 e. The molecule has 0 aliphatic carbocycles. The molecule has 1 amide bonds. The molecule has 1 N–H and O–H groups in total. The van der Waals surface area contributed by atoms with Gasteiger partial charge in [-0.3, -0.25) is 4.79 Å². The molecular formula is C19H21FN2O. The van der Waals surface area contributed by atoms with Gasteiger partial charge in [-0.25, -0.2) is 4.39 Å². The highest BCUT2D eigenvalue weighted by molar-refractivity contribution is 6.06. The molecule has 23 heavy (non-hydrogen) atoms. The van der Waals surface area contributed by atoms with Crippen LogP contribution >= 0.6 is 0 Å². The van der Waals surface area contributed by atoms with Gasteiger partial charge in [0, 0.05) is 18.7 Å². The summed E-state index contributed by atoms with van der Waals surface area (Å²) in [4.78, 5) is 14.7. The molecule has 2 aromatic carbocycles. The van der Waals surface area contributed by atoms with Gasteiger partial charge in [-0.2, -0.15) is 0 Å². The zero-order valence-corrected chi connectivity index (χ0v) is 13.5. The van der Waals surface area contributed by atoms with Crippen molar-refractivity contribution in [2.75, 3.05) is 23.3 Å². The van der Waals surface area contributed by atoms with Gasteiger partial charge in [-0.15, -0.1) is 0 Å². The van der Waals surface area contributed by atoms with Gasteiger partial charge in [0.1, 0.15) is 5.82 Å². The Hall–Kier alpha value is -2.36. The Morgan fingerprint density at radius 2 is 1.78 bits per heavy atom. The Morgan fingerprint density at radius 1 is 1.04 bits per heavy atom. The number of carbonyl (C=O) groups excluding carboxylic acids is 1. The number of anilines is 2. The zero-order valence-electron chi connectivity index (χ0n) is 13.5. The third-order valence-corrected chi connectivity index (χ3v) is 4.42. The number of hydrogen-bond donors (Lipinski definition) is 1. The monoisotopic (exact) mass is 312 g/mol. The second-order valence-corrected chi connectivity index (χ2v) is 6.11. The molecule has 2 aromatic rings. The third-order valence-electron chi connectivity index (χ3n) is 4.42. The molecule has 0 atom stereocenters. The molecule has 0 saturated carbocycles. The molecule has 1 fully saturated rings. The Balaban J connectivity index is 1.87. The second-order valence-electron chi connectivity index (χ2n) is 6.11. The standard InChI is InChI=1S/C19H21FN2O/c1-13-5-6-15(11-14(13)2)19(23)21-17-12-16(20)7-8-18(17)22-9-3-4-10-22/h5-8,11-12H,3-4,9-10H2,1-2H3,(H,21,23). The highest BCUT2D eigenvalue weighted by Crippen LogP contribution is 2.30. The van der Waals surface area contributed by atoms with Gasteiger partial charge in [-0.1, -0.05) is 6.07 Å². The van der Waals surface area contributed by atoms with Gasteiger partial charge in [-0.05, 0) is 68.1 Å². The van der Waals surface area contributed by atoms with E-state index in [9.17, 15) is 9.18 Å². The van der Waals surface area contributed by atoms with Crippen LogP contribution in [-0.2, 0) is 0 Å². The van der Waals surface area contributed by atoms with Crippen LogP contribution in [0.25, 0.3) is 0 Å². The average Bonchev–Trinajstić information content (AvgIpc) is 3.04. The van der Waals surface area contributed by atoms with E-state index in [0.29, 0.717) is 11.3 Å². The predicted octanol–water partition coefficient (Wildman–Crippen LogP) is 4.30. The van der Waals surface area contributed by atoms with E-state index >= 15 is 0 Å². The van der Waals surface area contributed by atoms with Crippen molar-refractivity contribution in [2.24, 2.45) is 0 Å². The number of hydrogen-bond acceptors (Lipinski definition) is 2. The first kappa shape index (κ1) is 15.5. The summed E-state index contributed by atoms with van der Waals surface area (Å²) in [5.74, 6) is -0.553. The van der Waals surface area contributed by atoms with E-state index in [4.69, 9.17) is 0 Å². The number of nitrogens with one attached hydrogen (secondary N) is 1. The van der Waals surface area contributed by atoms with E-state index in [-0.39, 0.29) is 11.7 Å². The molecule has 1 heterocycles. The molecule has 4 heteroatoms. The molecule has 3 rings (SSSR count). The van der Waals surface area contributed by atoms with E-state index in [0.717, 1.165) is 42.7 Å². The molecule has 0 unspecified atom stereocenters. The molecule has 120 valence electrons. The molecule has 1 saturated heterocycles. The number of aryl methyl sites for hydroxylation is 2. The van der Waals surface area contributed by atoms with Gasteiger partial charge in [0.15, 0.2) is 0 Å². The van der Waals surface area contributed by atoms with Gasteiger partial charge in [0.2, 0.25) is 0 Å². The lowest BCUT2D eigenvalue weighted by atomic mass is 10.1. The van der Waals surface area contributed by atoms with Crippen molar-refractivity contribution in [1.29, 1.82) is 0 Å². The number of rotatable bonds is 3. The topological polar surface area (TPSA) is 32.3 Å². The highest BCUT2D eigenvalue weighted by Gasteiger charge is 2.18. The van der Waals surface area contributed by atoms with Crippen LogP contribution in [0.5, 0.6) is 0 Å². The Morgan fingerprint density at radius 3 is 2.48 bits per heavy atom. The number of amides is 1. The first-order valence-electron chi connectivity index (χ1n) is 7.98. The molecule has 1 aliphatic rings. The minimum absolute atomic E-state index is 0.209. The predicted molar refractivity (Wildman–Crippen MR) is 91.7 cm³/mol. The number of carbonyl (C=O) groups is 1. The quantitative estimate of drug-likeness (QED) is 0.916. The normalized spacial score (nSPS) is 14.1. The summed E-state index contributed by atoms with van der Waals surface area (Å²) in [5.41, 5.74) is 4.22. The smallest absolute Gasteiger partial charge is 0.255 e. The Labute approximate surface area is 136 Å². The van der Waals surface area contributed by atoms with E-state index in [1.54, 1.807) is 12.1 Å². The summed E-state index contributed by atoms with van der Waals surface area (Å²) >= 11 is 0. The van der Waals surface area contributed by atoms with Crippen LogP contribution in [-0.4, -0.2) is 19.0 Å². The minimum Gasteiger partial charge on any atom is -0.370 e. The lowest BCUT2D eigenvalue weighted by Gasteiger charge is -2.21. The summed E-state index contributed by atoms with van der Waals surface area (Å²) in [6, 6.07) is 10.2. The molecule has 0 bridgehead atoms. The lowest BCUT2D eigenvalue weighted by molar-refractivity contribution is 0.102. The SMILES string of the molecule is Cc1ccc(C(=O)Nc2cc(F)ccc2N2CCCC2)cc1C. The van der Waals surface area contributed by atoms with Crippen LogP contribution in [0.2, 0.25) is 0 Å². The van der Waals surface area contributed by atoms with Crippen molar-refractivity contribution in [3.8, 4) is 0 Å².